The van der Waals surface area contributed by atoms with Crippen LogP contribution in [0.1, 0.15) is 122 Å². The third-order valence-corrected chi connectivity index (χ3v) is 19.7. The van der Waals surface area contributed by atoms with E-state index in [1.807, 2.05) is 58.0 Å². The van der Waals surface area contributed by atoms with Crippen molar-refractivity contribution in [2.45, 2.75) is 116 Å². The second-order valence-electron chi connectivity index (χ2n) is 22.1. The maximum atomic E-state index is 13.2. The van der Waals surface area contributed by atoms with Crippen LogP contribution in [0.25, 0.3) is 11.1 Å². The van der Waals surface area contributed by atoms with Gasteiger partial charge in [-0.15, -0.1) is 0 Å². The molecule has 11 rings (SSSR count). The van der Waals surface area contributed by atoms with Gasteiger partial charge in [0.05, 0.1) is 54.8 Å². The van der Waals surface area contributed by atoms with Gasteiger partial charge in [-0.3, -0.25) is 19.5 Å². The Bertz CT molecular complexity index is 3590. The minimum atomic E-state index is -0.406. The van der Waals surface area contributed by atoms with E-state index in [-0.39, 0.29) is 55.1 Å². The predicted molar refractivity (Wildman–Crippen MR) is 337 cm³/mol. The normalized spacial score (nSPS) is 18.3. The number of aromatic amines is 1. The summed E-state index contributed by atoms with van der Waals surface area (Å²) in [5.74, 6) is 0.0666. The fourth-order valence-electron chi connectivity index (χ4n) is 11.5. The second-order valence-corrected chi connectivity index (χ2v) is 25.4. The number of nitrogens with one attached hydrogen (secondary N) is 1. The molecule has 4 aliphatic rings. The minimum absolute atomic E-state index is 0.00965. The van der Waals surface area contributed by atoms with Gasteiger partial charge in [-0.05, 0) is 171 Å². The first-order valence-electron chi connectivity index (χ1n) is 27.5. The van der Waals surface area contributed by atoms with Crippen LogP contribution in [-0.2, 0) is 62.2 Å². The maximum Gasteiger partial charge on any atom is 0.495 e. The van der Waals surface area contributed by atoms with Gasteiger partial charge >= 0.3 is 7.12 Å². The number of fused-ring (bicyclic) bond motifs is 3. The van der Waals surface area contributed by atoms with Gasteiger partial charge in [-0.25, -0.2) is 0 Å². The molecule has 7 aromatic rings. The van der Waals surface area contributed by atoms with E-state index in [4.69, 9.17) is 78.9 Å². The molecule has 0 aliphatic carbocycles. The Morgan fingerprint density at radius 1 is 0.566 bits per heavy atom. The molecular formula is C64H62BBrCl6N6O5. The van der Waals surface area contributed by atoms with Crippen LogP contribution in [0, 0.1) is 11.3 Å². The van der Waals surface area contributed by atoms with Gasteiger partial charge in [0.25, 0.3) is 0 Å². The molecule has 5 heterocycles. The van der Waals surface area contributed by atoms with E-state index in [1.165, 1.54) is 16.7 Å². The Hall–Kier alpha value is -5.37. The zero-order valence-electron chi connectivity index (χ0n) is 47.1. The molecule has 3 atom stereocenters. The van der Waals surface area contributed by atoms with Crippen LogP contribution in [0.3, 0.4) is 0 Å². The average molecular weight is 1300 g/mol. The quantitative estimate of drug-likeness (QED) is 0.150. The van der Waals surface area contributed by atoms with Crippen molar-refractivity contribution in [3.8, 4) is 17.2 Å². The standard InChI is InChI=1S/C24H28BCl2NO3.C22H18Cl2N4O.C18H16BrCl2NO/c1-15-16-8-6-9-19(25-30-23(2,3)24(4,5)31-25)17(16)12-13-28(15)22(29)14-18-20(26)10-7-11-21(18)27;1-13-14-4-2-5-15(18-12-26-27-21(18)11-25)16(14)8-9-28(13)22(29)10-17-19(23)6-3-7-20(17)24;1-11-12-4-2-5-15(19)13(12)8-9-22(11)18(23)10-14-16(20)6-3-7-17(14)21/h6-11,15H,12-14H2,1-5H3;2-7,12-13H,8-10H2,1H3,(H,26,27);2-7,11H,8-10H2,1H3/t15-;13-;11-/m000/s1. The highest BCUT2D eigenvalue weighted by Crippen LogP contribution is 2.41. The number of carbonyl (C=O) groups excluding carboxylic acids is 3. The largest absolute Gasteiger partial charge is 0.495 e. The summed E-state index contributed by atoms with van der Waals surface area (Å²) in [6, 6.07) is 36.3. The molecule has 11 nitrogen and oxygen atoms in total. The molecule has 0 spiro atoms. The lowest BCUT2D eigenvalue weighted by Crippen LogP contribution is -2.44. The van der Waals surface area contributed by atoms with Gasteiger partial charge < -0.3 is 24.0 Å². The van der Waals surface area contributed by atoms with Crippen LogP contribution in [-0.4, -0.2) is 80.6 Å². The highest BCUT2D eigenvalue weighted by Gasteiger charge is 2.52. The Morgan fingerprint density at radius 3 is 1.36 bits per heavy atom. The summed E-state index contributed by atoms with van der Waals surface area (Å²) < 4.78 is 13.7. The fraction of sp³-hybridized carbons (Fsp3) is 0.328. The summed E-state index contributed by atoms with van der Waals surface area (Å²) in [5.41, 5.74) is 11.6. The number of carbonyl (C=O) groups is 3. The molecule has 430 valence electrons. The van der Waals surface area contributed by atoms with Gasteiger partial charge in [0.2, 0.25) is 17.7 Å². The molecule has 1 fully saturated rings. The molecule has 4 aliphatic heterocycles. The lowest BCUT2D eigenvalue weighted by Gasteiger charge is -2.36. The summed E-state index contributed by atoms with van der Waals surface area (Å²) in [5, 5.41) is 19.2. The number of H-pyrrole nitrogens is 1. The van der Waals surface area contributed by atoms with E-state index in [2.05, 4.69) is 91.9 Å². The number of aromatic nitrogens is 2. The Labute approximate surface area is 524 Å². The van der Waals surface area contributed by atoms with Crippen molar-refractivity contribution < 1.29 is 23.7 Å². The van der Waals surface area contributed by atoms with Crippen LogP contribution < -0.4 is 5.46 Å². The molecule has 0 radical (unpaired) electrons. The maximum absolute atomic E-state index is 13.2. The summed E-state index contributed by atoms with van der Waals surface area (Å²) in [7, 11) is -0.406. The summed E-state index contributed by atoms with van der Waals surface area (Å²) in [4.78, 5) is 44.7. The third-order valence-electron chi connectivity index (χ3n) is 16.9. The number of hydrogen-bond donors (Lipinski definition) is 1. The Balaban J connectivity index is 0.000000151. The number of benzene rings is 6. The van der Waals surface area contributed by atoms with Gasteiger partial charge in [-0.1, -0.05) is 152 Å². The second kappa shape index (κ2) is 26.1. The van der Waals surface area contributed by atoms with Crippen LogP contribution in [0.2, 0.25) is 30.1 Å². The van der Waals surface area contributed by atoms with Crippen molar-refractivity contribution >= 4 is 116 Å². The van der Waals surface area contributed by atoms with Crippen LogP contribution >= 0.6 is 85.5 Å². The first-order chi connectivity index (χ1) is 39.5. The molecule has 83 heavy (non-hydrogen) atoms. The van der Waals surface area contributed by atoms with Gasteiger partial charge in [0.1, 0.15) is 11.8 Å². The van der Waals surface area contributed by atoms with E-state index in [0.717, 1.165) is 50.6 Å². The number of nitriles is 1. The molecular weight excluding hydrogens is 1240 g/mol. The monoisotopic (exact) mass is 1290 g/mol. The average Bonchev–Trinajstić information content (AvgIpc) is 4.11. The van der Waals surface area contributed by atoms with Crippen molar-refractivity contribution in [1.82, 2.24) is 24.9 Å². The Kier molecular flexibility index (Phi) is 19.5. The van der Waals surface area contributed by atoms with Crippen molar-refractivity contribution in [3.63, 3.8) is 0 Å². The highest BCUT2D eigenvalue weighted by atomic mass is 79.9. The first kappa shape index (κ1) is 62.2. The molecule has 0 bridgehead atoms. The van der Waals surface area contributed by atoms with E-state index < -0.39 is 18.3 Å². The lowest BCUT2D eigenvalue weighted by atomic mass is 9.72. The zero-order chi connectivity index (χ0) is 59.7. The number of nitrogens with zero attached hydrogens (tertiary/aromatic N) is 5. The molecule has 1 saturated heterocycles. The van der Waals surface area contributed by atoms with E-state index in [0.29, 0.717) is 78.6 Å². The molecule has 0 unspecified atom stereocenters. The number of halogens is 7. The first-order valence-corrected chi connectivity index (χ1v) is 30.5. The highest BCUT2D eigenvalue weighted by molar-refractivity contribution is 9.10. The number of amides is 3. The van der Waals surface area contributed by atoms with E-state index in [1.54, 1.807) is 60.8 Å². The predicted octanol–water partition coefficient (Wildman–Crippen LogP) is 15.4. The van der Waals surface area contributed by atoms with Crippen molar-refractivity contribution in [2.75, 3.05) is 19.6 Å². The fourth-order valence-corrected chi connectivity index (χ4v) is 13.7. The van der Waals surface area contributed by atoms with Gasteiger partial charge in [-0.2, -0.15) is 10.4 Å². The topological polar surface area (TPSA) is 132 Å². The number of rotatable bonds is 8. The molecule has 0 saturated carbocycles. The molecule has 1 aromatic heterocycles. The van der Waals surface area contributed by atoms with Crippen LogP contribution in [0.5, 0.6) is 0 Å². The molecule has 3 amide bonds. The zero-order valence-corrected chi connectivity index (χ0v) is 53.2. The third kappa shape index (κ3) is 13.1. The van der Waals surface area contributed by atoms with Crippen LogP contribution in [0.4, 0.5) is 0 Å². The molecule has 6 aromatic carbocycles. The minimum Gasteiger partial charge on any atom is -0.399 e. The van der Waals surface area contributed by atoms with Crippen molar-refractivity contribution in [3.05, 3.63) is 206 Å². The van der Waals surface area contributed by atoms with E-state index in [9.17, 15) is 19.6 Å². The van der Waals surface area contributed by atoms with Gasteiger partial charge in [0, 0.05) is 59.8 Å². The van der Waals surface area contributed by atoms with Crippen molar-refractivity contribution in [2.24, 2.45) is 0 Å². The summed E-state index contributed by atoms with van der Waals surface area (Å²) in [6.45, 7) is 16.3. The van der Waals surface area contributed by atoms with E-state index >= 15 is 0 Å². The van der Waals surface area contributed by atoms with Gasteiger partial charge in [0.15, 0.2) is 0 Å². The molecule has 19 heteroatoms. The lowest BCUT2D eigenvalue weighted by molar-refractivity contribution is -0.133. The van der Waals surface area contributed by atoms with Crippen LogP contribution in [0.15, 0.2) is 120 Å². The summed E-state index contributed by atoms with van der Waals surface area (Å²) >= 11 is 41.0. The number of hydrogen-bond acceptors (Lipinski definition) is 7. The SMILES string of the molecule is C[C@H]1c2cccc(-c3cn[nH]c3C#N)c2CCN1C(=O)Cc1c(Cl)cccc1Cl.C[C@H]1c2cccc(B3OC(C)(C)C(C)(C)O3)c2CCN1C(=O)Cc1c(Cl)cccc1Cl.C[C@H]1c2cccc(Br)c2CCN1C(=O)Cc1c(Cl)cccc1Cl. The smallest absolute Gasteiger partial charge is 0.399 e. The summed E-state index contributed by atoms with van der Waals surface area (Å²) in [6.07, 6.45) is 4.56. The van der Waals surface area contributed by atoms with Crippen molar-refractivity contribution in [1.29, 1.82) is 5.26 Å². The Morgan fingerprint density at radius 2 is 0.928 bits per heavy atom. The molecule has 1 N–H and O–H groups in total.